The van der Waals surface area contributed by atoms with E-state index in [1.54, 1.807) is 7.62 Å². The summed E-state index contributed by atoms with van der Waals surface area (Å²) in [5, 5.41) is 3.05. The highest BCUT2D eigenvalue weighted by Gasteiger charge is 2.23. The zero-order valence-electron chi connectivity index (χ0n) is 4.69. The van der Waals surface area contributed by atoms with Gasteiger partial charge in [-0.1, -0.05) is 0 Å². The molecule has 0 bridgehead atoms. The Labute approximate surface area is 44.5 Å². The molecule has 2 nitrogen and oxygen atoms in total. The molecule has 3 heteroatoms. The van der Waals surface area contributed by atoms with Crippen LogP contribution < -0.4 is 5.23 Å². The Morgan fingerprint density at radius 3 is 2.57 bits per heavy atom. The summed E-state index contributed by atoms with van der Waals surface area (Å²) in [5.41, 5.74) is 0.167. The maximum atomic E-state index is 4.92. The van der Waals surface area contributed by atoms with Crippen LogP contribution in [0.15, 0.2) is 0 Å². The van der Waals surface area contributed by atoms with E-state index in [0.717, 1.165) is 6.61 Å². The Morgan fingerprint density at radius 2 is 2.43 bits per heavy atom. The van der Waals surface area contributed by atoms with Gasteiger partial charge < -0.3 is 9.88 Å². The van der Waals surface area contributed by atoms with E-state index in [2.05, 4.69) is 19.1 Å². The molecule has 0 amide bonds. The van der Waals surface area contributed by atoms with E-state index >= 15 is 0 Å². The van der Waals surface area contributed by atoms with E-state index < -0.39 is 0 Å². The lowest BCUT2D eigenvalue weighted by Gasteiger charge is -2.14. The lowest BCUT2D eigenvalue weighted by atomic mass is 10.1. The Kier molecular flexibility index (Phi) is 1.09. The largest absolute Gasteiger partial charge is 0.422 e. The van der Waals surface area contributed by atoms with Crippen LogP contribution in [0.5, 0.6) is 0 Å². The molecular formula is C4H9BNO. The molecule has 1 radical (unpaired) electrons. The van der Waals surface area contributed by atoms with Crippen molar-refractivity contribution >= 4 is 7.62 Å². The molecule has 1 heterocycles. The molecule has 1 saturated heterocycles. The fraction of sp³-hybridized carbons (Fsp3) is 1.00. The molecule has 0 unspecified atom stereocenters. The summed E-state index contributed by atoms with van der Waals surface area (Å²) in [6.07, 6.45) is 0. The zero-order chi connectivity index (χ0) is 5.33. The average Bonchev–Trinajstić information content (AvgIpc) is 1.84. The first-order valence-electron chi connectivity index (χ1n) is 2.42. The summed E-state index contributed by atoms with van der Waals surface area (Å²) in [5.74, 6) is 0. The quantitative estimate of drug-likeness (QED) is 0.428. The van der Waals surface area contributed by atoms with Gasteiger partial charge >= 0.3 is 7.62 Å². The third-order valence-electron chi connectivity index (χ3n) is 0.977. The van der Waals surface area contributed by atoms with Crippen LogP contribution in [-0.4, -0.2) is 19.8 Å². The second-order valence-electron chi connectivity index (χ2n) is 2.46. The van der Waals surface area contributed by atoms with E-state index in [9.17, 15) is 0 Å². The Balaban J connectivity index is 2.40. The Hall–Kier alpha value is -0.0151. The monoisotopic (exact) mass is 98.1 g/mol. The maximum absolute atomic E-state index is 4.92. The summed E-state index contributed by atoms with van der Waals surface area (Å²) < 4.78 is 4.92. The highest BCUT2D eigenvalue weighted by molar-refractivity contribution is 6.24. The minimum Gasteiger partial charge on any atom is -0.422 e. The van der Waals surface area contributed by atoms with Gasteiger partial charge in [-0.3, -0.25) is 0 Å². The predicted molar refractivity (Wildman–Crippen MR) is 28.9 cm³/mol. The van der Waals surface area contributed by atoms with Crippen molar-refractivity contribution in [2.24, 2.45) is 0 Å². The highest BCUT2D eigenvalue weighted by Crippen LogP contribution is 2.05. The fourth-order valence-electron chi connectivity index (χ4n) is 0.493. The highest BCUT2D eigenvalue weighted by atomic mass is 16.4. The molecule has 1 rings (SSSR count). The van der Waals surface area contributed by atoms with Crippen LogP contribution in [-0.2, 0) is 4.65 Å². The van der Waals surface area contributed by atoms with E-state index in [-0.39, 0.29) is 5.54 Å². The molecule has 39 valence electrons. The topological polar surface area (TPSA) is 21.3 Å². The van der Waals surface area contributed by atoms with Crippen LogP contribution in [0.3, 0.4) is 0 Å². The van der Waals surface area contributed by atoms with Crippen molar-refractivity contribution < 1.29 is 4.65 Å². The SMILES string of the molecule is CC1(C)CO[B]N1. The van der Waals surface area contributed by atoms with Crippen molar-refractivity contribution in [3.05, 3.63) is 0 Å². The van der Waals surface area contributed by atoms with E-state index in [4.69, 9.17) is 4.65 Å². The Bertz CT molecular complexity index is 66.1. The van der Waals surface area contributed by atoms with Crippen LogP contribution in [0, 0.1) is 0 Å². The molecule has 0 saturated carbocycles. The summed E-state index contributed by atoms with van der Waals surface area (Å²) in [6.45, 7) is 4.97. The maximum Gasteiger partial charge on any atom is 0.396 e. The minimum atomic E-state index is 0.167. The third kappa shape index (κ3) is 1.18. The summed E-state index contributed by atoms with van der Waals surface area (Å²) in [6, 6.07) is 0. The van der Waals surface area contributed by atoms with Gasteiger partial charge in [-0.05, 0) is 13.8 Å². The molecule has 0 aliphatic carbocycles. The number of nitrogens with one attached hydrogen (secondary N) is 1. The molecule has 1 aliphatic heterocycles. The average molecular weight is 97.9 g/mol. The lowest BCUT2D eigenvalue weighted by Crippen LogP contribution is -2.35. The molecule has 1 aliphatic rings. The second-order valence-corrected chi connectivity index (χ2v) is 2.46. The van der Waals surface area contributed by atoms with Gasteiger partial charge in [-0.2, -0.15) is 0 Å². The van der Waals surface area contributed by atoms with Crippen LogP contribution in [0.25, 0.3) is 0 Å². The van der Waals surface area contributed by atoms with Gasteiger partial charge in [0.1, 0.15) is 0 Å². The fourth-order valence-corrected chi connectivity index (χ4v) is 0.493. The van der Waals surface area contributed by atoms with Gasteiger partial charge in [0.2, 0.25) is 0 Å². The number of hydrogen-bond acceptors (Lipinski definition) is 2. The molecule has 0 atom stereocenters. The van der Waals surface area contributed by atoms with Gasteiger partial charge in [-0.25, -0.2) is 0 Å². The normalized spacial score (nSPS) is 27.1. The molecule has 0 aromatic rings. The van der Waals surface area contributed by atoms with Crippen molar-refractivity contribution in [1.82, 2.24) is 5.23 Å². The van der Waals surface area contributed by atoms with Gasteiger partial charge in [0.05, 0.1) is 0 Å². The van der Waals surface area contributed by atoms with E-state index in [1.807, 2.05) is 0 Å². The van der Waals surface area contributed by atoms with Crippen LogP contribution in [0.4, 0.5) is 0 Å². The predicted octanol–water partition coefficient (Wildman–Crippen LogP) is -0.0810. The van der Waals surface area contributed by atoms with Crippen molar-refractivity contribution in [2.45, 2.75) is 19.4 Å². The number of hydrogen-bond donors (Lipinski definition) is 1. The Morgan fingerprint density at radius 1 is 1.71 bits per heavy atom. The molecule has 0 spiro atoms. The van der Waals surface area contributed by atoms with Crippen molar-refractivity contribution in [3.63, 3.8) is 0 Å². The molecule has 0 aromatic heterocycles. The van der Waals surface area contributed by atoms with Crippen LogP contribution in [0.1, 0.15) is 13.8 Å². The van der Waals surface area contributed by atoms with Crippen LogP contribution in [0.2, 0.25) is 0 Å². The van der Waals surface area contributed by atoms with E-state index in [0.29, 0.717) is 0 Å². The van der Waals surface area contributed by atoms with Gasteiger partial charge in [0.15, 0.2) is 0 Å². The van der Waals surface area contributed by atoms with Gasteiger partial charge in [0.25, 0.3) is 0 Å². The summed E-state index contributed by atoms with van der Waals surface area (Å²) in [4.78, 5) is 0. The molecule has 0 aromatic carbocycles. The van der Waals surface area contributed by atoms with Crippen molar-refractivity contribution in [3.8, 4) is 0 Å². The number of rotatable bonds is 0. The van der Waals surface area contributed by atoms with E-state index in [1.165, 1.54) is 0 Å². The first-order chi connectivity index (χ1) is 3.21. The first-order valence-corrected chi connectivity index (χ1v) is 2.42. The van der Waals surface area contributed by atoms with Gasteiger partial charge in [0, 0.05) is 12.1 Å². The standard InChI is InChI=1S/C4H9BNO/c1-4(2)3-7-5-6-4/h6H,3H2,1-2H3. The first kappa shape index (κ1) is 5.13. The lowest BCUT2D eigenvalue weighted by molar-refractivity contribution is 0.302. The minimum absolute atomic E-state index is 0.167. The molecular weight excluding hydrogens is 88.9 g/mol. The molecule has 1 fully saturated rings. The molecule has 7 heavy (non-hydrogen) atoms. The summed E-state index contributed by atoms with van der Waals surface area (Å²) in [7, 11) is 1.64. The second kappa shape index (κ2) is 1.49. The smallest absolute Gasteiger partial charge is 0.396 e. The third-order valence-corrected chi connectivity index (χ3v) is 0.977. The molecule has 1 N–H and O–H groups in total. The van der Waals surface area contributed by atoms with Gasteiger partial charge in [-0.15, -0.1) is 0 Å². The zero-order valence-corrected chi connectivity index (χ0v) is 4.69. The van der Waals surface area contributed by atoms with Crippen molar-refractivity contribution in [1.29, 1.82) is 0 Å². The summed E-state index contributed by atoms with van der Waals surface area (Å²) >= 11 is 0. The van der Waals surface area contributed by atoms with Crippen molar-refractivity contribution in [2.75, 3.05) is 6.61 Å². The van der Waals surface area contributed by atoms with Crippen LogP contribution >= 0.6 is 0 Å².